The molecule has 17 heavy (non-hydrogen) atoms. The number of rotatable bonds is 4. The van der Waals surface area contributed by atoms with Crippen LogP contribution in [0.2, 0.25) is 0 Å². The number of aromatic nitrogens is 1. The second kappa shape index (κ2) is 5.63. The van der Waals surface area contributed by atoms with Gasteiger partial charge in [-0.2, -0.15) is 0 Å². The third-order valence-corrected chi connectivity index (χ3v) is 4.12. The molecule has 1 amide bonds. The lowest BCUT2D eigenvalue weighted by Crippen LogP contribution is -2.30. The van der Waals surface area contributed by atoms with Crippen LogP contribution in [0.3, 0.4) is 0 Å². The monoisotopic (exact) mass is 252 g/mol. The molecule has 2 rings (SSSR count). The van der Waals surface area contributed by atoms with Crippen molar-refractivity contribution in [1.82, 2.24) is 10.3 Å². The molecule has 4 heteroatoms. The second-order valence-corrected chi connectivity index (χ2v) is 6.07. The van der Waals surface area contributed by atoms with Gasteiger partial charge < -0.3 is 5.32 Å². The molecule has 0 spiro atoms. The quantitative estimate of drug-likeness (QED) is 0.894. The van der Waals surface area contributed by atoms with Crippen molar-refractivity contribution < 1.29 is 4.79 Å². The number of carbonyl (C=O) groups is 1. The third-order valence-electron chi connectivity index (χ3n) is 2.91. The van der Waals surface area contributed by atoms with Crippen molar-refractivity contribution in [3.8, 4) is 0 Å². The Kier molecular flexibility index (Phi) is 4.15. The molecule has 1 aliphatic rings. The van der Waals surface area contributed by atoms with E-state index in [1.807, 2.05) is 13.8 Å². The van der Waals surface area contributed by atoms with Crippen LogP contribution in [0, 0.1) is 0 Å². The summed E-state index contributed by atoms with van der Waals surface area (Å²) in [5.74, 6) is 0.133. The standard InChI is InChI=1S/C13H20N2OS/c1-9(2)14-12(16)7-8-13-15-10-5-3-4-6-11(10)17-13/h9H,3-8H2,1-2H3,(H,14,16). The van der Waals surface area contributed by atoms with E-state index >= 15 is 0 Å². The van der Waals surface area contributed by atoms with Crippen molar-refractivity contribution in [1.29, 1.82) is 0 Å². The van der Waals surface area contributed by atoms with Crippen LogP contribution in [-0.2, 0) is 24.1 Å². The first-order chi connectivity index (χ1) is 8.15. The molecule has 0 saturated carbocycles. The minimum Gasteiger partial charge on any atom is -0.354 e. The van der Waals surface area contributed by atoms with E-state index in [-0.39, 0.29) is 11.9 Å². The van der Waals surface area contributed by atoms with E-state index in [2.05, 4.69) is 10.3 Å². The molecular weight excluding hydrogens is 232 g/mol. The van der Waals surface area contributed by atoms with E-state index in [0.717, 1.165) is 17.8 Å². The fourth-order valence-electron chi connectivity index (χ4n) is 2.13. The minimum atomic E-state index is 0.133. The highest BCUT2D eigenvalue weighted by atomic mass is 32.1. The fourth-order valence-corrected chi connectivity index (χ4v) is 3.28. The molecule has 1 N–H and O–H groups in total. The maximum atomic E-state index is 11.5. The van der Waals surface area contributed by atoms with Gasteiger partial charge in [0.1, 0.15) is 0 Å². The molecule has 94 valence electrons. The molecule has 0 saturated heterocycles. The van der Waals surface area contributed by atoms with E-state index in [0.29, 0.717) is 6.42 Å². The maximum absolute atomic E-state index is 11.5. The number of nitrogens with one attached hydrogen (secondary N) is 1. The van der Waals surface area contributed by atoms with Crippen molar-refractivity contribution in [2.24, 2.45) is 0 Å². The molecule has 0 bridgehead atoms. The maximum Gasteiger partial charge on any atom is 0.220 e. The van der Waals surface area contributed by atoms with Crippen LogP contribution >= 0.6 is 11.3 Å². The van der Waals surface area contributed by atoms with Gasteiger partial charge in [0.05, 0.1) is 10.7 Å². The summed E-state index contributed by atoms with van der Waals surface area (Å²) in [5.41, 5.74) is 1.29. The van der Waals surface area contributed by atoms with Gasteiger partial charge in [-0.3, -0.25) is 4.79 Å². The Bertz CT molecular complexity index is 375. The lowest BCUT2D eigenvalue weighted by atomic mass is 10.0. The summed E-state index contributed by atoms with van der Waals surface area (Å²) < 4.78 is 0. The first kappa shape index (κ1) is 12.6. The number of hydrogen-bond donors (Lipinski definition) is 1. The van der Waals surface area contributed by atoms with E-state index in [1.54, 1.807) is 11.3 Å². The summed E-state index contributed by atoms with van der Waals surface area (Å²) in [6.07, 6.45) is 6.22. The SMILES string of the molecule is CC(C)NC(=O)CCc1nc2c(s1)CCCC2. The number of carbonyl (C=O) groups excluding carboxylic acids is 1. The van der Waals surface area contributed by atoms with Crippen LogP contribution in [0.1, 0.15) is 48.7 Å². The van der Waals surface area contributed by atoms with Crippen LogP contribution in [0.4, 0.5) is 0 Å². The predicted molar refractivity (Wildman–Crippen MR) is 70.4 cm³/mol. The molecule has 0 aliphatic heterocycles. The Hall–Kier alpha value is -0.900. The Morgan fingerprint density at radius 2 is 2.18 bits per heavy atom. The molecule has 1 aromatic rings. The Balaban J connectivity index is 1.87. The van der Waals surface area contributed by atoms with Gasteiger partial charge in [-0.25, -0.2) is 4.98 Å². The van der Waals surface area contributed by atoms with Crippen LogP contribution in [0.5, 0.6) is 0 Å². The van der Waals surface area contributed by atoms with E-state index < -0.39 is 0 Å². The van der Waals surface area contributed by atoms with Gasteiger partial charge in [-0.05, 0) is 39.5 Å². The van der Waals surface area contributed by atoms with E-state index in [1.165, 1.54) is 29.8 Å². The molecule has 0 aromatic carbocycles. The van der Waals surface area contributed by atoms with Gasteiger partial charge in [0, 0.05) is 23.8 Å². The topological polar surface area (TPSA) is 42.0 Å². The van der Waals surface area contributed by atoms with Crippen molar-refractivity contribution in [3.05, 3.63) is 15.6 Å². The average molecular weight is 252 g/mol. The van der Waals surface area contributed by atoms with Crippen LogP contribution < -0.4 is 5.32 Å². The van der Waals surface area contributed by atoms with Gasteiger partial charge in [0.2, 0.25) is 5.91 Å². The smallest absolute Gasteiger partial charge is 0.220 e. The minimum absolute atomic E-state index is 0.133. The van der Waals surface area contributed by atoms with Gasteiger partial charge in [-0.15, -0.1) is 11.3 Å². The molecule has 1 aliphatic carbocycles. The molecule has 1 heterocycles. The van der Waals surface area contributed by atoms with Gasteiger partial charge in [0.25, 0.3) is 0 Å². The number of amides is 1. The number of nitrogens with zero attached hydrogens (tertiary/aromatic N) is 1. The zero-order valence-corrected chi connectivity index (χ0v) is 11.4. The lowest BCUT2D eigenvalue weighted by Gasteiger charge is -2.07. The van der Waals surface area contributed by atoms with Crippen LogP contribution in [0.15, 0.2) is 0 Å². The molecule has 0 atom stereocenters. The summed E-state index contributed by atoms with van der Waals surface area (Å²) in [4.78, 5) is 17.6. The summed E-state index contributed by atoms with van der Waals surface area (Å²) in [5, 5.41) is 4.05. The number of fused-ring (bicyclic) bond motifs is 1. The lowest BCUT2D eigenvalue weighted by molar-refractivity contribution is -0.121. The Labute approximate surface area is 107 Å². The number of aryl methyl sites for hydroxylation is 3. The normalized spacial score (nSPS) is 14.8. The highest BCUT2D eigenvalue weighted by Gasteiger charge is 2.15. The fraction of sp³-hybridized carbons (Fsp3) is 0.692. The zero-order chi connectivity index (χ0) is 12.3. The average Bonchev–Trinajstić information content (AvgIpc) is 2.68. The van der Waals surface area contributed by atoms with Crippen molar-refractivity contribution in [2.75, 3.05) is 0 Å². The van der Waals surface area contributed by atoms with Crippen molar-refractivity contribution in [3.63, 3.8) is 0 Å². The van der Waals surface area contributed by atoms with Crippen LogP contribution in [0.25, 0.3) is 0 Å². The molecule has 0 fully saturated rings. The third kappa shape index (κ3) is 3.53. The highest BCUT2D eigenvalue weighted by molar-refractivity contribution is 7.11. The molecule has 1 aromatic heterocycles. The molecule has 0 radical (unpaired) electrons. The summed E-state index contributed by atoms with van der Waals surface area (Å²) in [6, 6.07) is 0.229. The molecule has 0 unspecified atom stereocenters. The Morgan fingerprint density at radius 1 is 1.41 bits per heavy atom. The van der Waals surface area contributed by atoms with E-state index in [4.69, 9.17) is 0 Å². The van der Waals surface area contributed by atoms with Crippen molar-refractivity contribution >= 4 is 17.2 Å². The summed E-state index contributed by atoms with van der Waals surface area (Å²) >= 11 is 1.81. The molecular formula is C13H20N2OS. The first-order valence-electron chi connectivity index (χ1n) is 6.42. The van der Waals surface area contributed by atoms with Crippen molar-refractivity contribution in [2.45, 2.75) is 58.4 Å². The number of hydrogen-bond acceptors (Lipinski definition) is 3. The van der Waals surface area contributed by atoms with Gasteiger partial charge in [-0.1, -0.05) is 0 Å². The zero-order valence-electron chi connectivity index (χ0n) is 10.6. The number of thiazole rings is 1. The van der Waals surface area contributed by atoms with E-state index in [9.17, 15) is 4.79 Å². The Morgan fingerprint density at radius 3 is 2.88 bits per heavy atom. The predicted octanol–water partition coefficient (Wildman–Crippen LogP) is 2.48. The summed E-state index contributed by atoms with van der Waals surface area (Å²) in [6.45, 7) is 3.97. The largest absolute Gasteiger partial charge is 0.354 e. The highest BCUT2D eigenvalue weighted by Crippen LogP contribution is 2.27. The summed E-state index contributed by atoms with van der Waals surface area (Å²) in [7, 11) is 0. The first-order valence-corrected chi connectivity index (χ1v) is 7.23. The van der Waals surface area contributed by atoms with Gasteiger partial charge >= 0.3 is 0 Å². The molecule has 3 nitrogen and oxygen atoms in total. The van der Waals surface area contributed by atoms with Crippen LogP contribution in [-0.4, -0.2) is 16.9 Å². The van der Waals surface area contributed by atoms with Gasteiger partial charge in [0.15, 0.2) is 0 Å². The second-order valence-electron chi connectivity index (χ2n) is 4.91.